The van der Waals surface area contributed by atoms with E-state index >= 15 is 0 Å². The first-order valence-electron chi connectivity index (χ1n) is 20.6. The maximum absolute atomic E-state index is 14.0. The zero-order chi connectivity index (χ0) is 38.2. The van der Waals surface area contributed by atoms with Gasteiger partial charge in [-0.05, 0) is 144 Å². The lowest BCUT2D eigenvalue weighted by atomic mass is 9.34. The van der Waals surface area contributed by atoms with E-state index in [4.69, 9.17) is 4.74 Å². The van der Waals surface area contributed by atoms with Crippen LogP contribution in [0.15, 0.2) is 11.1 Å². The smallest absolute Gasteiger partial charge is 0.315 e. The van der Waals surface area contributed by atoms with Crippen LogP contribution < -0.4 is 10.6 Å². The number of amides is 2. The summed E-state index contributed by atoms with van der Waals surface area (Å²) in [5.41, 5.74) is 0.698. The number of piperidine rings is 1. The second-order valence-electron chi connectivity index (χ2n) is 20.6. The predicted octanol–water partition coefficient (Wildman–Crippen LogP) is 7.77. The van der Waals surface area contributed by atoms with Crippen molar-refractivity contribution >= 4 is 23.8 Å². The Morgan fingerprint density at radius 3 is 2.25 bits per heavy atom. The van der Waals surface area contributed by atoms with E-state index in [-0.39, 0.29) is 57.8 Å². The molecule has 1 aliphatic heterocycles. The van der Waals surface area contributed by atoms with Crippen LogP contribution in [0.5, 0.6) is 0 Å². The number of allylic oxidation sites excluding steroid dienone is 1. The number of ketones is 1. The number of Topliss-reactive ketones (excluding diaryl/α,β-unsaturated/α-hetero) is 1. The molecule has 0 aromatic heterocycles. The van der Waals surface area contributed by atoms with E-state index in [9.17, 15) is 24.3 Å². The maximum atomic E-state index is 14.0. The standard InChI is InChI=1S/C43H69N3O6/c1-26(2)34-29(47)23-43(45-37(51)44-25-27-15-21-46(10)22-16-27)20-19-41(8)28(35(34)43)11-12-31-40(7)17-14-32(52-33(48)24-38(3,4)36(49)50)39(5,6)30(40)13-18-42(31,41)9/h26-27,30-32,34H,11-25H2,1-10H3,(H,49,50)(H2,44,45,51)/t30?,31?,32-,34?,40-,41+,42+,43+/m0/s1. The van der Waals surface area contributed by atoms with Gasteiger partial charge in [0.05, 0.1) is 17.4 Å². The lowest BCUT2D eigenvalue weighted by Gasteiger charge is -2.70. The number of nitrogens with zero attached hydrogens (tertiary/aromatic N) is 1. The van der Waals surface area contributed by atoms with Gasteiger partial charge in [-0.3, -0.25) is 14.4 Å². The van der Waals surface area contributed by atoms with Crippen LogP contribution in [0, 0.1) is 56.7 Å². The quantitative estimate of drug-likeness (QED) is 0.173. The normalized spacial score (nSPS) is 39.2. The molecule has 292 valence electrons. The van der Waals surface area contributed by atoms with Gasteiger partial charge in [-0.25, -0.2) is 4.79 Å². The van der Waals surface area contributed by atoms with E-state index in [1.54, 1.807) is 13.8 Å². The van der Waals surface area contributed by atoms with Gasteiger partial charge in [-0.2, -0.15) is 0 Å². The average molecular weight is 724 g/mol. The van der Waals surface area contributed by atoms with Crippen molar-refractivity contribution in [2.75, 3.05) is 26.7 Å². The van der Waals surface area contributed by atoms with Crippen LogP contribution in [-0.2, 0) is 19.1 Å². The van der Waals surface area contributed by atoms with Crippen molar-refractivity contribution in [3.05, 3.63) is 11.1 Å². The summed E-state index contributed by atoms with van der Waals surface area (Å²) in [6.45, 7) is 22.4. The largest absolute Gasteiger partial charge is 0.481 e. The van der Waals surface area contributed by atoms with Gasteiger partial charge < -0.3 is 25.4 Å². The highest BCUT2D eigenvalue weighted by molar-refractivity contribution is 5.92. The van der Waals surface area contributed by atoms with Gasteiger partial charge in [0.1, 0.15) is 11.9 Å². The summed E-state index contributed by atoms with van der Waals surface area (Å²) in [5.74, 6) is 0.206. The number of esters is 1. The number of nitrogens with one attached hydrogen (secondary N) is 2. The van der Waals surface area contributed by atoms with E-state index in [1.807, 2.05) is 0 Å². The number of carboxylic acid groups (broad SMARTS) is 1. The van der Waals surface area contributed by atoms with E-state index in [0.717, 1.165) is 77.3 Å². The molecule has 52 heavy (non-hydrogen) atoms. The van der Waals surface area contributed by atoms with Gasteiger partial charge in [0, 0.05) is 24.3 Å². The Kier molecular flexibility index (Phi) is 10.1. The number of hydrogen-bond donors (Lipinski definition) is 3. The van der Waals surface area contributed by atoms with Gasteiger partial charge in [0.2, 0.25) is 0 Å². The first-order valence-corrected chi connectivity index (χ1v) is 20.6. The van der Waals surface area contributed by atoms with Crippen LogP contribution in [-0.4, -0.2) is 72.1 Å². The molecule has 9 heteroatoms. The van der Waals surface area contributed by atoms with Crippen LogP contribution in [0.2, 0.25) is 0 Å². The Hall–Kier alpha value is -2.42. The molecule has 5 fully saturated rings. The molecular formula is C43H69N3O6. The fourth-order valence-electron chi connectivity index (χ4n) is 13.2. The number of carboxylic acids is 1. The molecule has 1 saturated heterocycles. The minimum absolute atomic E-state index is 0.0274. The van der Waals surface area contributed by atoms with Gasteiger partial charge in [-0.15, -0.1) is 0 Å². The van der Waals surface area contributed by atoms with Crippen molar-refractivity contribution in [1.82, 2.24) is 15.5 Å². The summed E-state index contributed by atoms with van der Waals surface area (Å²) < 4.78 is 6.16. The molecule has 9 nitrogen and oxygen atoms in total. The van der Waals surface area contributed by atoms with Crippen molar-refractivity contribution in [3.8, 4) is 0 Å². The van der Waals surface area contributed by atoms with Gasteiger partial charge in [0.15, 0.2) is 0 Å². The molecule has 0 spiro atoms. The van der Waals surface area contributed by atoms with Crippen molar-refractivity contribution in [1.29, 1.82) is 0 Å². The second-order valence-corrected chi connectivity index (χ2v) is 20.6. The molecule has 0 aromatic rings. The zero-order valence-corrected chi connectivity index (χ0v) is 34.0. The monoisotopic (exact) mass is 724 g/mol. The third-order valence-corrected chi connectivity index (χ3v) is 16.5. The van der Waals surface area contributed by atoms with Crippen LogP contribution in [0.1, 0.15) is 139 Å². The van der Waals surface area contributed by atoms with Gasteiger partial charge in [-0.1, -0.05) is 54.0 Å². The number of aliphatic carboxylic acids is 1. The van der Waals surface area contributed by atoms with E-state index < -0.39 is 22.9 Å². The molecule has 1 heterocycles. The summed E-state index contributed by atoms with van der Waals surface area (Å²) in [6.07, 6.45) is 9.82. The van der Waals surface area contributed by atoms with Crippen molar-refractivity contribution in [2.45, 2.75) is 151 Å². The maximum Gasteiger partial charge on any atom is 0.315 e. The number of carbonyl (C=O) groups is 4. The van der Waals surface area contributed by atoms with Gasteiger partial charge in [0.25, 0.3) is 0 Å². The molecule has 8 atom stereocenters. The molecule has 4 saturated carbocycles. The number of hydrogen-bond acceptors (Lipinski definition) is 6. The zero-order valence-electron chi connectivity index (χ0n) is 34.0. The Morgan fingerprint density at radius 1 is 0.942 bits per heavy atom. The van der Waals surface area contributed by atoms with Gasteiger partial charge >= 0.3 is 18.0 Å². The summed E-state index contributed by atoms with van der Waals surface area (Å²) in [5, 5.41) is 16.3. The Labute approximate surface area is 313 Å². The third-order valence-electron chi connectivity index (χ3n) is 16.5. The molecule has 6 aliphatic rings. The highest BCUT2D eigenvalue weighted by atomic mass is 16.5. The molecule has 0 aromatic carbocycles. The molecule has 3 unspecified atom stereocenters. The summed E-state index contributed by atoms with van der Waals surface area (Å²) in [4.78, 5) is 54.9. The minimum Gasteiger partial charge on any atom is -0.481 e. The van der Waals surface area contributed by atoms with Crippen molar-refractivity contribution < 1.29 is 29.0 Å². The Bertz CT molecular complexity index is 1490. The topological polar surface area (TPSA) is 125 Å². The highest BCUT2D eigenvalue weighted by Gasteiger charge is 2.69. The lowest BCUT2D eigenvalue weighted by molar-refractivity contribution is -0.214. The van der Waals surface area contributed by atoms with Crippen molar-refractivity contribution in [3.63, 3.8) is 0 Å². The molecule has 2 amide bonds. The highest BCUT2D eigenvalue weighted by Crippen LogP contribution is 2.75. The number of ether oxygens (including phenoxy) is 1. The summed E-state index contributed by atoms with van der Waals surface area (Å²) in [6, 6.07) is -0.128. The van der Waals surface area contributed by atoms with Crippen LogP contribution in [0.3, 0.4) is 0 Å². The minimum atomic E-state index is -1.16. The number of fused-ring (bicyclic) bond motifs is 6. The Morgan fingerprint density at radius 2 is 1.62 bits per heavy atom. The average Bonchev–Trinajstić information content (AvgIpc) is 3.34. The van der Waals surface area contributed by atoms with E-state index in [2.05, 4.69) is 71.0 Å². The van der Waals surface area contributed by atoms with E-state index in [0.29, 0.717) is 30.7 Å². The predicted molar refractivity (Wildman–Crippen MR) is 202 cm³/mol. The first kappa shape index (κ1) is 39.3. The fourth-order valence-corrected chi connectivity index (χ4v) is 13.2. The number of likely N-dealkylation sites (tertiary alicyclic amines) is 1. The van der Waals surface area contributed by atoms with Crippen LogP contribution >= 0.6 is 0 Å². The molecule has 6 rings (SSSR count). The summed E-state index contributed by atoms with van der Waals surface area (Å²) in [7, 11) is 2.16. The second kappa shape index (κ2) is 13.4. The number of urea groups is 1. The third kappa shape index (κ3) is 6.24. The molecule has 0 bridgehead atoms. The SMILES string of the molecule is CC(C)C1C(=O)C[C@]2(NC(=O)NCC3CCN(C)CC3)CC[C@]3(C)C(=C12)CCC1[C@@]2(C)CC[C@H](OC(=O)CC(C)(C)C(=O)O)C(C)(C)C2CC[C@]13C. The number of rotatable bonds is 8. The lowest BCUT2D eigenvalue weighted by Crippen LogP contribution is -2.65. The molecule has 0 radical (unpaired) electrons. The summed E-state index contributed by atoms with van der Waals surface area (Å²) >= 11 is 0. The molecule has 3 N–H and O–H groups in total. The number of carbonyl (C=O) groups excluding carboxylic acids is 3. The molecular weight excluding hydrogens is 654 g/mol. The van der Waals surface area contributed by atoms with Crippen LogP contribution in [0.4, 0.5) is 4.79 Å². The van der Waals surface area contributed by atoms with E-state index in [1.165, 1.54) is 11.1 Å². The molecule has 5 aliphatic carbocycles. The Balaban J connectivity index is 1.26. The van der Waals surface area contributed by atoms with Crippen LogP contribution in [0.25, 0.3) is 0 Å². The van der Waals surface area contributed by atoms with Crippen molar-refractivity contribution in [2.24, 2.45) is 56.7 Å². The first-order chi connectivity index (χ1) is 24.1. The fraction of sp³-hybridized carbons (Fsp3) is 0.860.